The summed E-state index contributed by atoms with van der Waals surface area (Å²) < 4.78 is 19.1. The Morgan fingerprint density at radius 3 is 2.35 bits per heavy atom. The summed E-state index contributed by atoms with van der Waals surface area (Å²) >= 11 is 0. The standard InChI is InChI=1S/C12H20FNO3/c1-11(2,3)17-10(16)14-7-4-12(13,5-8-14)6-9-15/h9H,4-8H2,1-3H3. The Bertz CT molecular complexity index is 291. The number of nitrogens with zero attached hydrogens (tertiary/aromatic N) is 1. The van der Waals surface area contributed by atoms with Crippen LogP contribution < -0.4 is 0 Å². The van der Waals surface area contributed by atoms with Crippen LogP contribution in [-0.2, 0) is 9.53 Å². The van der Waals surface area contributed by atoms with Gasteiger partial charge in [0.2, 0.25) is 0 Å². The number of piperidine rings is 1. The van der Waals surface area contributed by atoms with Crippen molar-refractivity contribution >= 4 is 12.4 Å². The summed E-state index contributed by atoms with van der Waals surface area (Å²) in [6, 6.07) is 0. The Hall–Kier alpha value is -1.13. The fraction of sp³-hybridized carbons (Fsp3) is 0.833. The van der Waals surface area contributed by atoms with Gasteiger partial charge in [0.1, 0.15) is 17.6 Å². The molecule has 0 N–H and O–H groups in total. The molecule has 1 aliphatic rings. The third-order valence-electron chi connectivity index (χ3n) is 2.76. The van der Waals surface area contributed by atoms with Gasteiger partial charge in [0.05, 0.1) is 0 Å². The summed E-state index contributed by atoms with van der Waals surface area (Å²) in [7, 11) is 0. The van der Waals surface area contributed by atoms with Crippen molar-refractivity contribution in [2.24, 2.45) is 0 Å². The Balaban J connectivity index is 2.46. The summed E-state index contributed by atoms with van der Waals surface area (Å²) in [6.07, 6.45) is 0.500. The van der Waals surface area contributed by atoms with Crippen molar-refractivity contribution in [1.29, 1.82) is 0 Å². The average Bonchev–Trinajstić information content (AvgIpc) is 2.15. The average molecular weight is 245 g/mol. The zero-order chi connectivity index (χ0) is 13.1. The topological polar surface area (TPSA) is 46.6 Å². The smallest absolute Gasteiger partial charge is 0.410 e. The molecule has 5 heteroatoms. The lowest BCUT2D eigenvalue weighted by Gasteiger charge is -2.36. The van der Waals surface area contributed by atoms with E-state index >= 15 is 0 Å². The molecule has 0 aromatic carbocycles. The van der Waals surface area contributed by atoms with E-state index < -0.39 is 17.4 Å². The van der Waals surface area contributed by atoms with Crippen LogP contribution in [0.2, 0.25) is 0 Å². The van der Waals surface area contributed by atoms with E-state index in [9.17, 15) is 14.0 Å². The van der Waals surface area contributed by atoms with Crippen molar-refractivity contribution in [2.75, 3.05) is 13.1 Å². The summed E-state index contributed by atoms with van der Waals surface area (Å²) in [6.45, 7) is 5.99. The highest BCUT2D eigenvalue weighted by atomic mass is 19.1. The van der Waals surface area contributed by atoms with Crippen LogP contribution in [0.25, 0.3) is 0 Å². The highest BCUT2D eigenvalue weighted by Crippen LogP contribution is 2.29. The first-order valence-corrected chi connectivity index (χ1v) is 5.86. The molecule has 0 bridgehead atoms. The Morgan fingerprint density at radius 1 is 1.41 bits per heavy atom. The maximum atomic E-state index is 13.9. The minimum Gasteiger partial charge on any atom is -0.444 e. The lowest BCUT2D eigenvalue weighted by atomic mass is 9.91. The molecule has 0 saturated carbocycles. The number of amides is 1. The molecule has 98 valence electrons. The van der Waals surface area contributed by atoms with Crippen molar-refractivity contribution in [3.8, 4) is 0 Å². The third kappa shape index (κ3) is 4.32. The van der Waals surface area contributed by atoms with Crippen LogP contribution in [0.3, 0.4) is 0 Å². The number of hydrogen-bond acceptors (Lipinski definition) is 3. The van der Waals surface area contributed by atoms with Crippen LogP contribution >= 0.6 is 0 Å². The van der Waals surface area contributed by atoms with Gasteiger partial charge in [0, 0.05) is 19.5 Å². The molecule has 0 aromatic heterocycles. The molecule has 0 radical (unpaired) electrons. The highest BCUT2D eigenvalue weighted by molar-refractivity contribution is 5.68. The van der Waals surface area contributed by atoms with E-state index in [0.29, 0.717) is 19.4 Å². The van der Waals surface area contributed by atoms with Gasteiger partial charge in [0.25, 0.3) is 0 Å². The van der Waals surface area contributed by atoms with Crippen LogP contribution in [0.4, 0.5) is 9.18 Å². The fourth-order valence-electron chi connectivity index (χ4n) is 1.77. The normalized spacial score (nSPS) is 19.9. The molecular formula is C12H20FNO3. The van der Waals surface area contributed by atoms with E-state index in [-0.39, 0.29) is 19.3 Å². The maximum absolute atomic E-state index is 13.9. The van der Waals surface area contributed by atoms with Crippen LogP contribution in [-0.4, -0.2) is 41.6 Å². The van der Waals surface area contributed by atoms with Gasteiger partial charge in [-0.15, -0.1) is 0 Å². The fourth-order valence-corrected chi connectivity index (χ4v) is 1.77. The zero-order valence-corrected chi connectivity index (χ0v) is 10.7. The molecule has 0 aliphatic carbocycles. The number of carbonyl (C=O) groups excluding carboxylic acids is 2. The quantitative estimate of drug-likeness (QED) is 0.701. The highest BCUT2D eigenvalue weighted by Gasteiger charge is 2.36. The molecule has 1 heterocycles. The van der Waals surface area contributed by atoms with Gasteiger partial charge in [-0.2, -0.15) is 0 Å². The molecule has 4 nitrogen and oxygen atoms in total. The number of halogens is 1. The van der Waals surface area contributed by atoms with Crippen LogP contribution in [0.15, 0.2) is 0 Å². The van der Waals surface area contributed by atoms with Crippen molar-refractivity contribution < 1.29 is 18.7 Å². The first-order chi connectivity index (χ1) is 7.76. The van der Waals surface area contributed by atoms with Gasteiger partial charge in [-0.25, -0.2) is 9.18 Å². The van der Waals surface area contributed by atoms with Crippen LogP contribution in [0.5, 0.6) is 0 Å². The van der Waals surface area contributed by atoms with E-state index in [1.165, 1.54) is 4.90 Å². The molecule has 17 heavy (non-hydrogen) atoms. The van der Waals surface area contributed by atoms with Gasteiger partial charge >= 0.3 is 6.09 Å². The molecule has 1 rings (SSSR count). The molecule has 0 unspecified atom stereocenters. The maximum Gasteiger partial charge on any atom is 0.410 e. The van der Waals surface area contributed by atoms with Crippen LogP contribution in [0.1, 0.15) is 40.0 Å². The van der Waals surface area contributed by atoms with Crippen molar-refractivity contribution in [3.05, 3.63) is 0 Å². The van der Waals surface area contributed by atoms with E-state index in [1.54, 1.807) is 20.8 Å². The number of likely N-dealkylation sites (tertiary alicyclic amines) is 1. The predicted molar refractivity (Wildman–Crippen MR) is 61.6 cm³/mol. The number of ether oxygens (including phenoxy) is 1. The molecule has 0 spiro atoms. The Labute approximate surface area is 101 Å². The second-order valence-corrected chi connectivity index (χ2v) is 5.49. The van der Waals surface area contributed by atoms with E-state index in [1.807, 2.05) is 0 Å². The summed E-state index contributed by atoms with van der Waals surface area (Å²) in [5, 5.41) is 0. The van der Waals surface area contributed by atoms with Crippen molar-refractivity contribution in [2.45, 2.75) is 51.3 Å². The molecule has 1 amide bonds. The monoisotopic (exact) mass is 245 g/mol. The predicted octanol–water partition coefficient (Wildman–Crippen LogP) is 2.31. The van der Waals surface area contributed by atoms with E-state index in [2.05, 4.69) is 0 Å². The number of hydrogen-bond donors (Lipinski definition) is 0. The second kappa shape index (κ2) is 5.02. The number of carbonyl (C=O) groups is 2. The second-order valence-electron chi connectivity index (χ2n) is 5.49. The van der Waals surface area contributed by atoms with E-state index in [0.717, 1.165) is 0 Å². The summed E-state index contributed by atoms with van der Waals surface area (Å²) in [5.74, 6) is 0. The molecule has 0 atom stereocenters. The Kier molecular flexibility index (Phi) is 4.11. The van der Waals surface area contributed by atoms with Gasteiger partial charge in [-0.05, 0) is 33.6 Å². The minimum atomic E-state index is -1.44. The van der Waals surface area contributed by atoms with Crippen molar-refractivity contribution in [3.63, 3.8) is 0 Å². The molecule has 1 aliphatic heterocycles. The number of rotatable bonds is 2. The van der Waals surface area contributed by atoms with Gasteiger partial charge in [0.15, 0.2) is 0 Å². The Morgan fingerprint density at radius 2 is 1.94 bits per heavy atom. The number of alkyl halides is 1. The molecule has 1 saturated heterocycles. The van der Waals surface area contributed by atoms with E-state index in [4.69, 9.17) is 4.74 Å². The van der Waals surface area contributed by atoms with Crippen LogP contribution in [0, 0.1) is 0 Å². The zero-order valence-electron chi connectivity index (χ0n) is 10.7. The first kappa shape index (κ1) is 13.9. The van der Waals surface area contributed by atoms with Gasteiger partial charge in [-0.1, -0.05) is 0 Å². The van der Waals surface area contributed by atoms with Gasteiger partial charge in [-0.3, -0.25) is 0 Å². The lowest BCUT2D eigenvalue weighted by Crippen LogP contribution is -2.46. The molecular weight excluding hydrogens is 225 g/mol. The summed E-state index contributed by atoms with van der Waals surface area (Å²) in [4.78, 5) is 23.5. The third-order valence-corrected chi connectivity index (χ3v) is 2.76. The summed E-state index contributed by atoms with van der Waals surface area (Å²) in [5.41, 5.74) is -1.98. The largest absolute Gasteiger partial charge is 0.444 e. The van der Waals surface area contributed by atoms with Gasteiger partial charge < -0.3 is 14.4 Å². The lowest BCUT2D eigenvalue weighted by molar-refractivity contribution is -0.111. The SMILES string of the molecule is CC(C)(C)OC(=O)N1CCC(F)(CC=O)CC1. The first-order valence-electron chi connectivity index (χ1n) is 5.86. The molecule has 1 fully saturated rings. The van der Waals surface area contributed by atoms with Crippen molar-refractivity contribution in [1.82, 2.24) is 4.90 Å². The minimum absolute atomic E-state index is 0.0881. The number of aldehydes is 1. The molecule has 0 aromatic rings.